The van der Waals surface area contributed by atoms with Crippen molar-refractivity contribution in [2.45, 2.75) is 19.4 Å². The number of rotatable bonds is 4. The van der Waals surface area contributed by atoms with Gasteiger partial charge < -0.3 is 14.5 Å². The molecule has 2 amide bonds. The first-order valence-corrected chi connectivity index (χ1v) is 10.3. The second-order valence-corrected chi connectivity index (χ2v) is 7.77. The van der Waals surface area contributed by atoms with Gasteiger partial charge in [0, 0.05) is 42.5 Å². The van der Waals surface area contributed by atoms with E-state index in [2.05, 4.69) is 18.4 Å². The Hall–Kier alpha value is -3.28. The van der Waals surface area contributed by atoms with Crippen LogP contribution in [-0.2, 0) is 4.79 Å². The second kappa shape index (κ2) is 8.22. The minimum absolute atomic E-state index is 0.0192. The van der Waals surface area contributed by atoms with E-state index in [9.17, 15) is 9.59 Å². The maximum atomic E-state index is 13.2. The van der Waals surface area contributed by atoms with Crippen molar-refractivity contribution in [3.05, 3.63) is 66.2 Å². The van der Waals surface area contributed by atoms with Crippen molar-refractivity contribution in [1.82, 2.24) is 9.80 Å². The molecule has 0 aromatic heterocycles. The van der Waals surface area contributed by atoms with Gasteiger partial charge in [-0.15, -0.1) is 0 Å². The molecule has 30 heavy (non-hydrogen) atoms. The highest BCUT2D eigenvalue weighted by Crippen LogP contribution is 2.32. The van der Waals surface area contributed by atoms with E-state index in [1.165, 1.54) is 4.90 Å². The lowest BCUT2D eigenvalue weighted by atomic mass is 10.1. The minimum atomic E-state index is -0.151. The smallest absolute Gasteiger partial charge is 0.259 e. The highest BCUT2D eigenvalue weighted by Gasteiger charge is 2.34. The lowest BCUT2D eigenvalue weighted by Crippen LogP contribution is -2.45. The monoisotopic (exact) mass is 405 g/mol. The first-order chi connectivity index (χ1) is 14.5. The molecule has 6 heteroatoms. The molecule has 2 aromatic rings. The van der Waals surface area contributed by atoms with Gasteiger partial charge in [0.1, 0.15) is 12.3 Å². The van der Waals surface area contributed by atoms with Gasteiger partial charge in [-0.1, -0.05) is 36.9 Å². The van der Waals surface area contributed by atoms with E-state index in [1.807, 2.05) is 47.4 Å². The van der Waals surface area contributed by atoms with Crippen LogP contribution in [0.3, 0.4) is 0 Å². The fourth-order valence-electron chi connectivity index (χ4n) is 4.29. The third kappa shape index (κ3) is 3.54. The largest absolute Gasteiger partial charge is 0.495 e. The zero-order chi connectivity index (χ0) is 21.3. The van der Waals surface area contributed by atoms with Crippen molar-refractivity contribution in [1.29, 1.82) is 0 Å². The third-order valence-corrected chi connectivity index (χ3v) is 6.04. The second-order valence-electron chi connectivity index (χ2n) is 7.77. The molecule has 4 rings (SSSR count). The summed E-state index contributed by atoms with van der Waals surface area (Å²) in [7, 11) is 1.67. The first kappa shape index (κ1) is 20.0. The molecule has 0 spiro atoms. The molecular formula is C24H27N3O3. The van der Waals surface area contributed by atoms with Crippen molar-refractivity contribution >= 4 is 23.2 Å². The summed E-state index contributed by atoms with van der Waals surface area (Å²) in [5.74, 6) is 0.635. The Labute approximate surface area is 177 Å². The van der Waals surface area contributed by atoms with E-state index in [4.69, 9.17) is 4.74 Å². The average Bonchev–Trinajstić information content (AvgIpc) is 2.90. The summed E-state index contributed by atoms with van der Waals surface area (Å²) in [6, 6.07) is 15.4. The quantitative estimate of drug-likeness (QED) is 0.784. The molecule has 0 radical (unpaired) electrons. The van der Waals surface area contributed by atoms with Gasteiger partial charge in [0.15, 0.2) is 0 Å². The fraction of sp³-hybridized carbons (Fsp3) is 0.333. The van der Waals surface area contributed by atoms with Gasteiger partial charge in [0.05, 0.1) is 12.8 Å². The maximum Gasteiger partial charge on any atom is 0.259 e. The molecule has 0 unspecified atom stereocenters. The molecule has 1 atom stereocenters. The van der Waals surface area contributed by atoms with E-state index in [1.54, 1.807) is 13.2 Å². The topological polar surface area (TPSA) is 53.1 Å². The van der Waals surface area contributed by atoms with Crippen molar-refractivity contribution in [2.75, 3.05) is 38.2 Å². The normalized spacial score (nSPS) is 19.0. The molecular weight excluding hydrogens is 378 g/mol. The molecule has 1 fully saturated rings. The van der Waals surface area contributed by atoms with Crippen molar-refractivity contribution < 1.29 is 14.3 Å². The van der Waals surface area contributed by atoms with Crippen LogP contribution in [0.25, 0.3) is 5.70 Å². The van der Waals surface area contributed by atoms with Crippen LogP contribution in [0.5, 0.6) is 5.75 Å². The summed E-state index contributed by atoms with van der Waals surface area (Å²) in [5, 5.41) is 0. The molecule has 0 bridgehead atoms. The van der Waals surface area contributed by atoms with Crippen LogP contribution in [0.1, 0.15) is 29.3 Å². The highest BCUT2D eigenvalue weighted by atomic mass is 16.5. The van der Waals surface area contributed by atoms with Gasteiger partial charge in [0.2, 0.25) is 5.91 Å². The Balaban J connectivity index is 1.46. The summed E-state index contributed by atoms with van der Waals surface area (Å²) in [6.45, 7) is 8.28. The Bertz CT molecular complexity index is 952. The Morgan fingerprint density at radius 1 is 1.07 bits per heavy atom. The van der Waals surface area contributed by atoms with Crippen molar-refractivity contribution in [2.24, 2.45) is 0 Å². The van der Waals surface area contributed by atoms with Crippen LogP contribution in [0.4, 0.5) is 5.69 Å². The summed E-state index contributed by atoms with van der Waals surface area (Å²) in [5.41, 5.74) is 3.06. The predicted molar refractivity (Wildman–Crippen MR) is 118 cm³/mol. The number of hydrogen-bond donors (Lipinski definition) is 0. The molecule has 2 heterocycles. The van der Waals surface area contributed by atoms with E-state index in [0.717, 1.165) is 30.0 Å². The number of amides is 2. The van der Waals surface area contributed by atoms with Gasteiger partial charge in [-0.3, -0.25) is 14.5 Å². The SMILES string of the molecule is C=C1c2ccccc2C(=O)N1CC(=O)N1CCN(c2ccccc2OC)CC[C@H]1C. The van der Waals surface area contributed by atoms with Crippen LogP contribution in [0.15, 0.2) is 55.1 Å². The zero-order valence-electron chi connectivity index (χ0n) is 17.5. The number of carbonyl (C=O) groups excluding carboxylic acids is 2. The maximum absolute atomic E-state index is 13.2. The number of nitrogens with zero attached hydrogens (tertiary/aromatic N) is 3. The number of ether oxygens (including phenoxy) is 1. The molecule has 2 aliphatic rings. The van der Waals surface area contributed by atoms with Crippen LogP contribution in [0.2, 0.25) is 0 Å². The van der Waals surface area contributed by atoms with Gasteiger partial charge >= 0.3 is 0 Å². The number of methoxy groups -OCH3 is 1. The molecule has 2 aliphatic heterocycles. The number of para-hydroxylation sites is 2. The molecule has 156 valence electrons. The molecule has 6 nitrogen and oxygen atoms in total. The van der Waals surface area contributed by atoms with Crippen molar-refractivity contribution in [3.63, 3.8) is 0 Å². The van der Waals surface area contributed by atoms with Gasteiger partial charge in [-0.25, -0.2) is 0 Å². The number of fused-ring (bicyclic) bond motifs is 1. The molecule has 0 saturated carbocycles. The lowest BCUT2D eigenvalue weighted by Gasteiger charge is -2.29. The Kier molecular flexibility index (Phi) is 5.48. The predicted octanol–water partition coefficient (Wildman–Crippen LogP) is 3.25. The number of anilines is 1. The standard InChI is InChI=1S/C24H27N3O3/c1-17-12-13-25(21-10-6-7-11-22(21)30-3)14-15-26(17)23(28)16-27-18(2)19-8-4-5-9-20(19)24(27)29/h4-11,17H,2,12-16H2,1,3H3/t17-/m1/s1. The molecule has 0 aliphatic carbocycles. The van der Waals surface area contributed by atoms with Crippen molar-refractivity contribution in [3.8, 4) is 5.75 Å². The zero-order valence-corrected chi connectivity index (χ0v) is 17.5. The van der Waals surface area contributed by atoms with Crippen LogP contribution in [-0.4, -0.2) is 60.9 Å². The number of benzene rings is 2. The van der Waals surface area contributed by atoms with Crippen LogP contribution < -0.4 is 9.64 Å². The van der Waals surface area contributed by atoms with Gasteiger partial charge in [0.25, 0.3) is 5.91 Å². The number of hydrogen-bond acceptors (Lipinski definition) is 4. The third-order valence-electron chi connectivity index (χ3n) is 6.04. The average molecular weight is 405 g/mol. The Morgan fingerprint density at radius 3 is 2.50 bits per heavy atom. The van der Waals surface area contributed by atoms with E-state index < -0.39 is 0 Å². The van der Waals surface area contributed by atoms with Crippen LogP contribution in [0, 0.1) is 0 Å². The van der Waals surface area contributed by atoms with Gasteiger partial charge in [-0.2, -0.15) is 0 Å². The molecule has 1 saturated heterocycles. The summed E-state index contributed by atoms with van der Waals surface area (Å²) in [6.07, 6.45) is 0.846. The summed E-state index contributed by atoms with van der Waals surface area (Å²) >= 11 is 0. The van der Waals surface area contributed by atoms with E-state index in [0.29, 0.717) is 24.4 Å². The lowest BCUT2D eigenvalue weighted by molar-refractivity contribution is -0.133. The van der Waals surface area contributed by atoms with E-state index >= 15 is 0 Å². The Morgan fingerprint density at radius 2 is 1.77 bits per heavy atom. The van der Waals surface area contributed by atoms with Gasteiger partial charge in [-0.05, 0) is 31.5 Å². The molecule has 0 N–H and O–H groups in total. The summed E-state index contributed by atoms with van der Waals surface area (Å²) in [4.78, 5) is 31.6. The van der Waals surface area contributed by atoms with E-state index in [-0.39, 0.29) is 24.4 Å². The van der Waals surface area contributed by atoms with Crippen LogP contribution >= 0.6 is 0 Å². The summed E-state index contributed by atoms with van der Waals surface area (Å²) < 4.78 is 5.51. The number of carbonyl (C=O) groups is 2. The highest BCUT2D eigenvalue weighted by molar-refractivity contribution is 6.10. The molecule has 2 aromatic carbocycles. The first-order valence-electron chi connectivity index (χ1n) is 10.3. The fourth-order valence-corrected chi connectivity index (χ4v) is 4.29. The minimum Gasteiger partial charge on any atom is -0.495 e.